The number of carbonyl (C=O) groups excluding carboxylic acids is 2. The van der Waals surface area contributed by atoms with Crippen molar-refractivity contribution in [3.8, 4) is 0 Å². The summed E-state index contributed by atoms with van der Waals surface area (Å²) in [5.41, 5.74) is 0.976. The molecule has 2 fully saturated rings. The first-order valence-electron chi connectivity index (χ1n) is 8.73. The average molecular weight is 375 g/mol. The smallest absolute Gasteiger partial charge is 0.266 e. The van der Waals surface area contributed by atoms with Crippen LogP contribution in [0.3, 0.4) is 0 Å². The summed E-state index contributed by atoms with van der Waals surface area (Å²) in [7, 11) is 0. The number of hydrogen-bond donors (Lipinski definition) is 0. The van der Waals surface area contributed by atoms with E-state index in [1.807, 2.05) is 41.3 Å². The Hall–Kier alpha value is -1.66. The molecule has 0 spiro atoms. The molecule has 6 heteroatoms. The maximum Gasteiger partial charge on any atom is 0.266 e. The molecule has 0 unspecified atom stereocenters. The minimum atomic E-state index is -0.0949. The molecule has 2 aliphatic rings. The maximum absolute atomic E-state index is 12.6. The van der Waals surface area contributed by atoms with Gasteiger partial charge in [-0.2, -0.15) is 0 Å². The summed E-state index contributed by atoms with van der Waals surface area (Å²) in [4.78, 5) is 29.1. The van der Waals surface area contributed by atoms with Gasteiger partial charge in [-0.25, -0.2) is 0 Å². The third kappa shape index (κ3) is 4.70. The van der Waals surface area contributed by atoms with E-state index in [4.69, 9.17) is 12.2 Å². The predicted molar refractivity (Wildman–Crippen MR) is 106 cm³/mol. The van der Waals surface area contributed by atoms with E-state index in [2.05, 4.69) is 0 Å². The van der Waals surface area contributed by atoms with Gasteiger partial charge >= 0.3 is 0 Å². The van der Waals surface area contributed by atoms with Crippen molar-refractivity contribution in [3.05, 3.63) is 40.8 Å². The molecular formula is C19H22N2O2S2. The lowest BCUT2D eigenvalue weighted by Gasteiger charge is -2.22. The number of carbonyl (C=O) groups is 2. The number of likely N-dealkylation sites (tertiary alicyclic amines) is 1. The molecule has 2 amide bonds. The van der Waals surface area contributed by atoms with Crippen molar-refractivity contribution < 1.29 is 9.59 Å². The maximum atomic E-state index is 12.6. The number of nitrogens with zero attached hydrogens (tertiary/aromatic N) is 2. The van der Waals surface area contributed by atoms with Gasteiger partial charge < -0.3 is 4.90 Å². The van der Waals surface area contributed by atoms with E-state index in [1.54, 1.807) is 4.90 Å². The van der Waals surface area contributed by atoms with Crippen LogP contribution in [0.15, 0.2) is 35.2 Å². The van der Waals surface area contributed by atoms with Gasteiger partial charge in [0.2, 0.25) is 5.91 Å². The normalized spacial score (nSPS) is 20.2. The lowest BCUT2D eigenvalue weighted by Crippen LogP contribution is -2.36. The molecular weight excluding hydrogens is 352 g/mol. The number of benzene rings is 1. The standard InChI is InChI=1S/C19H22N2O2S2/c22-17(20-11-6-1-2-7-12-20)10-13-21-18(23)16(25-19(21)24)14-15-8-4-3-5-9-15/h3-5,8-9,14H,1-2,6-7,10-13H2/b16-14+. The zero-order valence-electron chi connectivity index (χ0n) is 14.1. The third-order valence-electron chi connectivity index (χ3n) is 4.48. The Morgan fingerprint density at radius 2 is 1.80 bits per heavy atom. The lowest BCUT2D eigenvalue weighted by molar-refractivity contribution is -0.131. The number of thioether (sulfide) groups is 1. The molecule has 2 saturated heterocycles. The van der Waals surface area contributed by atoms with Gasteiger partial charge in [0.25, 0.3) is 5.91 Å². The Morgan fingerprint density at radius 1 is 1.12 bits per heavy atom. The van der Waals surface area contributed by atoms with Crippen LogP contribution in [0.1, 0.15) is 37.7 Å². The van der Waals surface area contributed by atoms with Gasteiger partial charge in [0.15, 0.2) is 0 Å². The molecule has 1 aromatic rings. The first-order chi connectivity index (χ1) is 12.1. The van der Waals surface area contributed by atoms with Crippen molar-refractivity contribution in [3.63, 3.8) is 0 Å². The molecule has 3 rings (SSSR count). The van der Waals surface area contributed by atoms with Gasteiger partial charge in [-0.1, -0.05) is 67.2 Å². The molecule has 2 heterocycles. The second-order valence-electron chi connectivity index (χ2n) is 6.29. The molecule has 0 atom stereocenters. The van der Waals surface area contributed by atoms with Crippen LogP contribution in [0.2, 0.25) is 0 Å². The van der Waals surface area contributed by atoms with Crippen LogP contribution >= 0.6 is 24.0 Å². The number of thiocarbonyl (C=S) groups is 1. The summed E-state index contributed by atoms with van der Waals surface area (Å²) >= 11 is 6.65. The van der Waals surface area contributed by atoms with Crippen LogP contribution in [0.4, 0.5) is 0 Å². The second kappa shape index (κ2) is 8.63. The summed E-state index contributed by atoms with van der Waals surface area (Å²) in [5, 5.41) is 0. The highest BCUT2D eigenvalue weighted by Gasteiger charge is 2.32. The van der Waals surface area contributed by atoms with E-state index in [9.17, 15) is 9.59 Å². The quantitative estimate of drug-likeness (QED) is 0.595. The van der Waals surface area contributed by atoms with E-state index in [0.29, 0.717) is 22.2 Å². The monoisotopic (exact) mass is 374 g/mol. The summed E-state index contributed by atoms with van der Waals surface area (Å²) in [6.45, 7) is 2.04. The van der Waals surface area contributed by atoms with Gasteiger partial charge in [0.1, 0.15) is 4.32 Å². The molecule has 0 bridgehead atoms. The highest BCUT2D eigenvalue weighted by Crippen LogP contribution is 2.32. The molecule has 2 aliphatic heterocycles. The fourth-order valence-corrected chi connectivity index (χ4v) is 4.39. The summed E-state index contributed by atoms with van der Waals surface area (Å²) < 4.78 is 0.538. The third-order valence-corrected chi connectivity index (χ3v) is 5.86. The van der Waals surface area contributed by atoms with E-state index in [-0.39, 0.29) is 11.8 Å². The lowest BCUT2D eigenvalue weighted by atomic mass is 10.2. The van der Waals surface area contributed by atoms with Crippen LogP contribution in [-0.2, 0) is 9.59 Å². The number of rotatable bonds is 4. The Kier molecular flexibility index (Phi) is 6.26. The van der Waals surface area contributed by atoms with Crippen LogP contribution < -0.4 is 0 Å². The van der Waals surface area contributed by atoms with Crippen molar-refractivity contribution in [1.82, 2.24) is 9.80 Å². The molecule has 0 saturated carbocycles. The molecule has 132 valence electrons. The van der Waals surface area contributed by atoms with E-state index < -0.39 is 0 Å². The largest absolute Gasteiger partial charge is 0.343 e. The van der Waals surface area contributed by atoms with Crippen molar-refractivity contribution in [1.29, 1.82) is 0 Å². The zero-order chi connectivity index (χ0) is 17.6. The van der Waals surface area contributed by atoms with Crippen molar-refractivity contribution >= 4 is 46.2 Å². The van der Waals surface area contributed by atoms with E-state index >= 15 is 0 Å². The fraction of sp³-hybridized carbons (Fsp3) is 0.421. The minimum absolute atomic E-state index is 0.0949. The van der Waals surface area contributed by atoms with Gasteiger partial charge in [-0.3, -0.25) is 14.5 Å². The molecule has 4 nitrogen and oxygen atoms in total. The molecule has 0 N–H and O–H groups in total. The number of hydrogen-bond acceptors (Lipinski definition) is 4. The minimum Gasteiger partial charge on any atom is -0.343 e. The van der Waals surface area contributed by atoms with Crippen LogP contribution in [-0.4, -0.2) is 45.6 Å². The van der Waals surface area contributed by atoms with Crippen LogP contribution in [0.5, 0.6) is 0 Å². The van der Waals surface area contributed by atoms with E-state index in [0.717, 1.165) is 31.5 Å². The van der Waals surface area contributed by atoms with Crippen molar-refractivity contribution in [2.24, 2.45) is 0 Å². The molecule has 0 aromatic heterocycles. The second-order valence-corrected chi connectivity index (χ2v) is 7.96. The van der Waals surface area contributed by atoms with Gasteiger partial charge in [0.05, 0.1) is 4.91 Å². The fourth-order valence-electron chi connectivity index (χ4n) is 3.08. The first kappa shape index (κ1) is 18.1. The zero-order valence-corrected chi connectivity index (χ0v) is 15.8. The Morgan fingerprint density at radius 3 is 2.48 bits per heavy atom. The highest BCUT2D eigenvalue weighted by molar-refractivity contribution is 8.26. The van der Waals surface area contributed by atoms with Crippen LogP contribution in [0, 0.1) is 0 Å². The summed E-state index contributed by atoms with van der Waals surface area (Å²) in [6, 6.07) is 9.72. The highest BCUT2D eigenvalue weighted by atomic mass is 32.2. The molecule has 0 aliphatic carbocycles. The topological polar surface area (TPSA) is 40.6 Å². The Labute approximate surface area is 158 Å². The van der Waals surface area contributed by atoms with E-state index in [1.165, 1.54) is 24.6 Å². The number of amides is 2. The predicted octanol–water partition coefficient (Wildman–Crippen LogP) is 3.68. The first-order valence-corrected chi connectivity index (χ1v) is 9.96. The average Bonchev–Trinajstić information content (AvgIpc) is 2.82. The van der Waals surface area contributed by atoms with Crippen LogP contribution in [0.25, 0.3) is 6.08 Å². The van der Waals surface area contributed by atoms with Crippen molar-refractivity contribution in [2.45, 2.75) is 32.1 Å². The molecule has 25 heavy (non-hydrogen) atoms. The molecule has 1 aromatic carbocycles. The van der Waals surface area contributed by atoms with Crippen molar-refractivity contribution in [2.75, 3.05) is 19.6 Å². The Bertz CT molecular complexity index is 680. The molecule has 0 radical (unpaired) electrons. The van der Waals surface area contributed by atoms with Gasteiger partial charge in [0, 0.05) is 26.1 Å². The SMILES string of the molecule is O=C(CCN1C(=O)/C(=C\c2ccccc2)SC1=S)N1CCCCCC1. The van der Waals surface area contributed by atoms with Gasteiger partial charge in [-0.15, -0.1) is 0 Å². The Balaban J connectivity index is 1.59. The summed E-state index contributed by atoms with van der Waals surface area (Å²) in [5.74, 6) is 0.0329. The van der Waals surface area contributed by atoms with Gasteiger partial charge in [-0.05, 0) is 24.5 Å². The summed E-state index contributed by atoms with van der Waals surface area (Å²) in [6.07, 6.45) is 6.74.